The number of carbonyl (C=O) groups excluding carboxylic acids is 2. The Hall–Kier alpha value is -1.79. The van der Waals surface area contributed by atoms with Crippen molar-refractivity contribution in [1.29, 1.82) is 0 Å². The molecular formula is C17H24ClN3O3. The Labute approximate surface area is 147 Å². The van der Waals surface area contributed by atoms with Crippen LogP contribution in [-0.2, 0) is 9.59 Å². The Balaban J connectivity index is 1.65. The number of ether oxygens (including phenoxy) is 1. The van der Waals surface area contributed by atoms with E-state index >= 15 is 0 Å². The Morgan fingerprint density at radius 2 is 1.71 bits per heavy atom. The quantitative estimate of drug-likeness (QED) is 0.792. The van der Waals surface area contributed by atoms with E-state index in [1.165, 1.54) is 6.42 Å². The van der Waals surface area contributed by atoms with Crippen LogP contribution in [0.15, 0.2) is 24.3 Å². The van der Waals surface area contributed by atoms with Crippen LogP contribution in [-0.4, -0.2) is 43.0 Å². The molecular weight excluding hydrogens is 330 g/mol. The molecule has 7 heteroatoms. The predicted molar refractivity (Wildman–Crippen MR) is 92.6 cm³/mol. The van der Waals surface area contributed by atoms with Crippen molar-refractivity contribution in [2.75, 3.05) is 26.2 Å². The van der Waals surface area contributed by atoms with Gasteiger partial charge in [0.05, 0.1) is 6.54 Å². The molecule has 0 aliphatic carbocycles. The maximum Gasteiger partial charge on any atom is 0.276 e. The third-order valence-corrected chi connectivity index (χ3v) is 4.09. The second kappa shape index (κ2) is 8.89. The van der Waals surface area contributed by atoms with Crippen LogP contribution in [0.3, 0.4) is 0 Å². The first kappa shape index (κ1) is 18.5. The molecule has 2 atom stereocenters. The summed E-state index contributed by atoms with van der Waals surface area (Å²) in [5.41, 5.74) is 4.78. The van der Waals surface area contributed by atoms with Gasteiger partial charge in [0.25, 0.3) is 11.8 Å². The third-order valence-electron chi connectivity index (χ3n) is 3.84. The zero-order valence-corrected chi connectivity index (χ0v) is 14.8. The molecule has 0 aromatic heterocycles. The number of hydrogen-bond donors (Lipinski definition) is 2. The molecule has 0 spiro atoms. The van der Waals surface area contributed by atoms with E-state index in [-0.39, 0.29) is 19.1 Å². The van der Waals surface area contributed by atoms with E-state index in [1.54, 1.807) is 24.3 Å². The highest BCUT2D eigenvalue weighted by Crippen LogP contribution is 2.20. The molecule has 0 saturated carbocycles. The normalized spacial score (nSPS) is 21.1. The lowest BCUT2D eigenvalue weighted by atomic mass is 9.92. The fourth-order valence-corrected chi connectivity index (χ4v) is 3.14. The van der Waals surface area contributed by atoms with Crippen LogP contribution in [0.25, 0.3) is 0 Å². The summed E-state index contributed by atoms with van der Waals surface area (Å²) in [5.74, 6) is 1.07. The largest absolute Gasteiger partial charge is 0.484 e. The van der Waals surface area contributed by atoms with Crippen molar-refractivity contribution in [3.05, 3.63) is 29.3 Å². The van der Waals surface area contributed by atoms with Crippen LogP contribution >= 0.6 is 11.6 Å². The van der Waals surface area contributed by atoms with Gasteiger partial charge in [0.2, 0.25) is 0 Å². The van der Waals surface area contributed by atoms with Crippen molar-refractivity contribution in [2.24, 2.45) is 11.8 Å². The summed E-state index contributed by atoms with van der Waals surface area (Å²) in [6, 6.07) is 6.70. The number of nitrogens with one attached hydrogen (secondary N) is 2. The number of piperidine rings is 1. The van der Waals surface area contributed by atoms with Gasteiger partial charge in [-0.25, -0.2) is 0 Å². The number of hydrazine groups is 1. The van der Waals surface area contributed by atoms with Gasteiger partial charge in [0.1, 0.15) is 5.75 Å². The molecule has 1 fully saturated rings. The van der Waals surface area contributed by atoms with Crippen LogP contribution in [0.1, 0.15) is 20.3 Å². The van der Waals surface area contributed by atoms with Crippen LogP contribution < -0.4 is 15.6 Å². The molecule has 1 aromatic carbocycles. The molecule has 1 aliphatic rings. The fraction of sp³-hybridized carbons (Fsp3) is 0.529. The van der Waals surface area contributed by atoms with Crippen LogP contribution in [0.2, 0.25) is 5.02 Å². The van der Waals surface area contributed by atoms with Crippen molar-refractivity contribution < 1.29 is 14.3 Å². The first-order valence-corrected chi connectivity index (χ1v) is 8.48. The third kappa shape index (κ3) is 6.37. The zero-order valence-electron chi connectivity index (χ0n) is 14.0. The standard InChI is InChI=1S/C17H24ClN3O3/c1-12-7-13(2)9-21(8-12)10-16(22)19-20-17(23)11-24-15-5-3-14(18)4-6-15/h3-6,12-13H,7-11H2,1-2H3,(H,19,22)(H,20,23)/t12-,13-/m0/s1. The van der Waals surface area contributed by atoms with E-state index in [0.717, 1.165) is 13.1 Å². The number of carbonyl (C=O) groups is 2. The first-order valence-electron chi connectivity index (χ1n) is 8.10. The van der Waals surface area contributed by atoms with E-state index in [0.29, 0.717) is 22.6 Å². The zero-order chi connectivity index (χ0) is 17.5. The molecule has 2 rings (SSSR count). The van der Waals surface area contributed by atoms with Gasteiger partial charge in [-0.05, 0) is 42.5 Å². The monoisotopic (exact) mass is 353 g/mol. The SMILES string of the molecule is C[C@H]1C[C@H](C)CN(CC(=O)NNC(=O)COc2ccc(Cl)cc2)C1. The molecule has 2 N–H and O–H groups in total. The lowest BCUT2D eigenvalue weighted by molar-refractivity contribution is -0.130. The summed E-state index contributed by atoms with van der Waals surface area (Å²) in [5, 5.41) is 0.598. The van der Waals surface area contributed by atoms with Gasteiger partial charge < -0.3 is 4.74 Å². The average molecular weight is 354 g/mol. The topological polar surface area (TPSA) is 70.7 Å². The molecule has 0 bridgehead atoms. The first-order chi connectivity index (χ1) is 11.4. The summed E-state index contributed by atoms with van der Waals surface area (Å²) in [7, 11) is 0. The van der Waals surface area contributed by atoms with Crippen molar-refractivity contribution in [3.63, 3.8) is 0 Å². The summed E-state index contributed by atoms with van der Waals surface area (Å²) in [4.78, 5) is 25.7. The second-order valence-corrected chi connectivity index (χ2v) is 6.92. The van der Waals surface area contributed by atoms with Crippen molar-refractivity contribution >= 4 is 23.4 Å². The van der Waals surface area contributed by atoms with Gasteiger partial charge in [-0.1, -0.05) is 25.4 Å². The molecule has 1 saturated heterocycles. The number of hydrogen-bond acceptors (Lipinski definition) is 4. The molecule has 1 heterocycles. The number of likely N-dealkylation sites (tertiary alicyclic amines) is 1. The maximum absolute atomic E-state index is 11.9. The smallest absolute Gasteiger partial charge is 0.276 e. The van der Waals surface area contributed by atoms with E-state index in [2.05, 4.69) is 29.6 Å². The summed E-state index contributed by atoms with van der Waals surface area (Å²) in [6.45, 7) is 6.30. The number of amides is 2. The molecule has 0 unspecified atom stereocenters. The Morgan fingerprint density at radius 3 is 2.33 bits per heavy atom. The number of halogens is 1. The Bertz CT molecular complexity index is 555. The van der Waals surface area contributed by atoms with Crippen molar-refractivity contribution in [2.45, 2.75) is 20.3 Å². The lowest BCUT2D eigenvalue weighted by Gasteiger charge is -2.34. The number of rotatable bonds is 5. The number of nitrogens with zero attached hydrogens (tertiary/aromatic N) is 1. The van der Waals surface area contributed by atoms with E-state index in [9.17, 15) is 9.59 Å². The van der Waals surface area contributed by atoms with Gasteiger partial charge in [0.15, 0.2) is 6.61 Å². The second-order valence-electron chi connectivity index (χ2n) is 6.48. The molecule has 132 valence electrons. The highest BCUT2D eigenvalue weighted by molar-refractivity contribution is 6.30. The molecule has 1 aliphatic heterocycles. The summed E-state index contributed by atoms with van der Waals surface area (Å²) in [6.07, 6.45) is 1.19. The predicted octanol–water partition coefficient (Wildman–Crippen LogP) is 1.84. The van der Waals surface area contributed by atoms with E-state index in [1.807, 2.05) is 0 Å². The van der Waals surface area contributed by atoms with Gasteiger partial charge in [-0.3, -0.25) is 25.3 Å². The van der Waals surface area contributed by atoms with Gasteiger partial charge in [-0.15, -0.1) is 0 Å². The minimum Gasteiger partial charge on any atom is -0.484 e. The molecule has 24 heavy (non-hydrogen) atoms. The van der Waals surface area contributed by atoms with Gasteiger partial charge in [0, 0.05) is 18.1 Å². The highest BCUT2D eigenvalue weighted by Gasteiger charge is 2.23. The van der Waals surface area contributed by atoms with Crippen molar-refractivity contribution in [1.82, 2.24) is 15.8 Å². The minimum absolute atomic E-state index is 0.181. The minimum atomic E-state index is -0.418. The van der Waals surface area contributed by atoms with E-state index in [4.69, 9.17) is 16.3 Å². The Morgan fingerprint density at radius 1 is 1.12 bits per heavy atom. The molecule has 2 amide bonds. The van der Waals surface area contributed by atoms with Crippen molar-refractivity contribution in [3.8, 4) is 5.75 Å². The summed E-state index contributed by atoms with van der Waals surface area (Å²) >= 11 is 5.77. The molecule has 0 radical (unpaired) electrons. The van der Waals surface area contributed by atoms with Crippen LogP contribution in [0.5, 0.6) is 5.75 Å². The van der Waals surface area contributed by atoms with Gasteiger partial charge in [-0.2, -0.15) is 0 Å². The van der Waals surface area contributed by atoms with Gasteiger partial charge >= 0.3 is 0 Å². The summed E-state index contributed by atoms with van der Waals surface area (Å²) < 4.78 is 5.30. The average Bonchev–Trinajstić information content (AvgIpc) is 2.51. The van der Waals surface area contributed by atoms with Crippen LogP contribution in [0, 0.1) is 11.8 Å². The van der Waals surface area contributed by atoms with Crippen LogP contribution in [0.4, 0.5) is 0 Å². The highest BCUT2D eigenvalue weighted by atomic mass is 35.5. The molecule has 1 aromatic rings. The fourth-order valence-electron chi connectivity index (χ4n) is 3.02. The number of benzene rings is 1. The Kier molecular flexibility index (Phi) is 6.87. The molecule has 6 nitrogen and oxygen atoms in total. The lowest BCUT2D eigenvalue weighted by Crippen LogP contribution is -2.50. The maximum atomic E-state index is 11.9. The van der Waals surface area contributed by atoms with E-state index < -0.39 is 5.91 Å².